The molecule has 1 heterocycles. The minimum absolute atomic E-state index is 0.0394. The van der Waals surface area contributed by atoms with Crippen LogP contribution in [0.2, 0.25) is 0 Å². The molecular weight excluding hydrogens is 322 g/mol. The van der Waals surface area contributed by atoms with Crippen molar-refractivity contribution in [3.05, 3.63) is 60.3 Å². The highest BCUT2D eigenvalue weighted by Crippen LogP contribution is 2.25. The number of carbonyl (C=O) groups is 1. The number of aromatic nitrogens is 1. The van der Waals surface area contributed by atoms with E-state index >= 15 is 0 Å². The summed E-state index contributed by atoms with van der Waals surface area (Å²) < 4.78 is 2.02. The largest absolute Gasteiger partial charge is 0.351 e. The molecule has 0 saturated heterocycles. The third-order valence-corrected chi connectivity index (χ3v) is 4.52. The Bertz CT molecular complexity index is 893. The van der Waals surface area contributed by atoms with E-state index in [1.807, 2.05) is 31.8 Å². The molecule has 0 spiro atoms. The Kier molecular flexibility index (Phi) is 5.43. The van der Waals surface area contributed by atoms with Gasteiger partial charge in [-0.25, -0.2) is 0 Å². The van der Waals surface area contributed by atoms with E-state index in [-0.39, 0.29) is 11.9 Å². The van der Waals surface area contributed by atoms with E-state index in [9.17, 15) is 4.79 Å². The van der Waals surface area contributed by atoms with Gasteiger partial charge >= 0.3 is 0 Å². The van der Waals surface area contributed by atoms with Crippen LogP contribution in [0.25, 0.3) is 22.0 Å². The molecule has 1 aromatic heterocycles. The van der Waals surface area contributed by atoms with Gasteiger partial charge in [0.2, 0.25) is 5.91 Å². The zero-order chi connectivity index (χ0) is 18.7. The van der Waals surface area contributed by atoms with Crippen molar-refractivity contribution < 1.29 is 4.79 Å². The van der Waals surface area contributed by atoms with Crippen molar-refractivity contribution in [1.82, 2.24) is 14.8 Å². The maximum absolute atomic E-state index is 12.4. The summed E-state index contributed by atoms with van der Waals surface area (Å²) in [4.78, 5) is 14.5. The molecule has 1 amide bonds. The second kappa shape index (κ2) is 7.75. The van der Waals surface area contributed by atoms with E-state index in [1.54, 1.807) is 0 Å². The molecule has 26 heavy (non-hydrogen) atoms. The van der Waals surface area contributed by atoms with Crippen LogP contribution in [0, 0.1) is 6.92 Å². The topological polar surface area (TPSA) is 37.3 Å². The lowest BCUT2D eigenvalue weighted by atomic mass is 10.0. The fourth-order valence-electron chi connectivity index (χ4n) is 3.32. The number of benzene rings is 2. The van der Waals surface area contributed by atoms with Gasteiger partial charge in [-0.05, 0) is 56.6 Å². The lowest BCUT2D eigenvalue weighted by molar-refractivity contribution is -0.122. The molecule has 1 N–H and O–H groups in total. The van der Waals surface area contributed by atoms with E-state index in [1.165, 1.54) is 16.7 Å². The number of aryl methyl sites for hydroxylation is 1. The summed E-state index contributed by atoms with van der Waals surface area (Å²) in [5.41, 5.74) is 4.69. The first-order chi connectivity index (χ1) is 12.4. The Morgan fingerprint density at radius 3 is 2.46 bits per heavy atom. The van der Waals surface area contributed by atoms with Crippen LogP contribution in [0.4, 0.5) is 0 Å². The fourth-order valence-corrected chi connectivity index (χ4v) is 3.32. The van der Waals surface area contributed by atoms with Crippen LogP contribution in [0.1, 0.15) is 12.5 Å². The van der Waals surface area contributed by atoms with Crippen molar-refractivity contribution in [1.29, 1.82) is 0 Å². The van der Waals surface area contributed by atoms with Gasteiger partial charge in [0.25, 0.3) is 0 Å². The molecule has 1 unspecified atom stereocenters. The molecule has 0 aliphatic heterocycles. The minimum Gasteiger partial charge on any atom is -0.351 e. The summed E-state index contributed by atoms with van der Waals surface area (Å²) in [5.74, 6) is 0.0394. The summed E-state index contributed by atoms with van der Waals surface area (Å²) in [7, 11) is 4.02. The maximum Gasteiger partial charge on any atom is 0.240 e. The normalized spacial score (nSPS) is 12.5. The monoisotopic (exact) mass is 349 g/mol. The average Bonchev–Trinajstić information content (AvgIpc) is 2.96. The molecule has 2 aromatic carbocycles. The van der Waals surface area contributed by atoms with Crippen LogP contribution >= 0.6 is 0 Å². The summed E-state index contributed by atoms with van der Waals surface area (Å²) in [6, 6.07) is 17.1. The Hall–Kier alpha value is -2.59. The Labute approximate surface area is 155 Å². The number of hydrogen-bond donors (Lipinski definition) is 1. The standard InChI is InChI=1S/C22H27N3O/c1-16-5-7-18(8-6-16)20-10-9-19-11-12-25(21(19)13-20)15-22(26)23-17(2)14-24(3)4/h5-13,17H,14-15H2,1-4H3,(H,23,26). The zero-order valence-electron chi connectivity index (χ0n) is 16.0. The highest BCUT2D eigenvalue weighted by molar-refractivity contribution is 5.87. The van der Waals surface area contributed by atoms with E-state index in [0.29, 0.717) is 6.54 Å². The Balaban J connectivity index is 1.80. The Morgan fingerprint density at radius 2 is 1.77 bits per heavy atom. The van der Waals surface area contributed by atoms with Crippen LogP contribution in [-0.2, 0) is 11.3 Å². The predicted molar refractivity (Wildman–Crippen MR) is 108 cm³/mol. The first-order valence-corrected chi connectivity index (χ1v) is 9.02. The molecule has 1 atom stereocenters. The number of amides is 1. The molecule has 136 valence electrons. The number of carbonyl (C=O) groups excluding carboxylic acids is 1. The highest BCUT2D eigenvalue weighted by Gasteiger charge is 2.11. The lowest BCUT2D eigenvalue weighted by Crippen LogP contribution is -2.40. The molecule has 0 bridgehead atoms. The number of fused-ring (bicyclic) bond motifs is 1. The van der Waals surface area contributed by atoms with Crippen molar-refractivity contribution in [3.8, 4) is 11.1 Å². The minimum atomic E-state index is 0.0394. The van der Waals surface area contributed by atoms with Gasteiger partial charge in [-0.1, -0.05) is 42.0 Å². The van der Waals surface area contributed by atoms with E-state index in [2.05, 4.69) is 65.7 Å². The van der Waals surface area contributed by atoms with Crippen LogP contribution in [0.3, 0.4) is 0 Å². The van der Waals surface area contributed by atoms with Crippen molar-refractivity contribution in [2.24, 2.45) is 0 Å². The fraction of sp³-hybridized carbons (Fsp3) is 0.318. The van der Waals surface area contributed by atoms with Gasteiger partial charge in [-0.2, -0.15) is 0 Å². The molecule has 0 radical (unpaired) electrons. The number of nitrogens with zero attached hydrogens (tertiary/aromatic N) is 2. The number of rotatable bonds is 6. The first kappa shape index (κ1) is 18.2. The molecule has 0 saturated carbocycles. The third kappa shape index (κ3) is 4.33. The summed E-state index contributed by atoms with van der Waals surface area (Å²) in [6.07, 6.45) is 1.99. The number of nitrogens with one attached hydrogen (secondary N) is 1. The van der Waals surface area contributed by atoms with Crippen molar-refractivity contribution in [2.75, 3.05) is 20.6 Å². The van der Waals surface area contributed by atoms with Gasteiger partial charge in [0.15, 0.2) is 0 Å². The van der Waals surface area contributed by atoms with E-state index in [4.69, 9.17) is 0 Å². The highest BCUT2D eigenvalue weighted by atomic mass is 16.2. The van der Waals surface area contributed by atoms with Crippen LogP contribution in [0.15, 0.2) is 54.7 Å². The smallest absolute Gasteiger partial charge is 0.240 e. The van der Waals surface area contributed by atoms with E-state index in [0.717, 1.165) is 17.4 Å². The second-order valence-electron chi connectivity index (χ2n) is 7.31. The van der Waals surface area contributed by atoms with E-state index < -0.39 is 0 Å². The van der Waals surface area contributed by atoms with Crippen molar-refractivity contribution in [3.63, 3.8) is 0 Å². The number of hydrogen-bond acceptors (Lipinski definition) is 2. The molecule has 0 fully saturated rings. The molecule has 4 nitrogen and oxygen atoms in total. The zero-order valence-corrected chi connectivity index (χ0v) is 16.0. The van der Waals surface area contributed by atoms with Crippen LogP contribution in [-0.4, -0.2) is 42.1 Å². The van der Waals surface area contributed by atoms with Crippen LogP contribution < -0.4 is 5.32 Å². The molecule has 0 aliphatic rings. The van der Waals surface area contributed by atoms with Gasteiger partial charge in [-0.3, -0.25) is 4.79 Å². The lowest BCUT2D eigenvalue weighted by Gasteiger charge is -2.18. The molecule has 3 aromatic rings. The predicted octanol–water partition coefficient (Wildman–Crippen LogP) is 3.68. The Morgan fingerprint density at radius 1 is 1.08 bits per heavy atom. The maximum atomic E-state index is 12.4. The van der Waals surface area contributed by atoms with Gasteiger partial charge < -0.3 is 14.8 Å². The number of likely N-dealkylation sites (N-methyl/N-ethyl adjacent to an activating group) is 1. The van der Waals surface area contributed by atoms with Crippen molar-refractivity contribution in [2.45, 2.75) is 26.4 Å². The third-order valence-electron chi connectivity index (χ3n) is 4.52. The molecular formula is C22H27N3O. The van der Waals surface area contributed by atoms with Crippen molar-refractivity contribution >= 4 is 16.8 Å². The molecule has 0 aliphatic carbocycles. The SMILES string of the molecule is Cc1ccc(-c2ccc3ccn(CC(=O)NC(C)CN(C)C)c3c2)cc1. The second-order valence-corrected chi connectivity index (χ2v) is 7.31. The summed E-state index contributed by atoms with van der Waals surface area (Å²) in [6.45, 7) is 5.28. The van der Waals surface area contributed by atoms with Gasteiger partial charge in [0, 0.05) is 24.3 Å². The summed E-state index contributed by atoms with van der Waals surface area (Å²) in [5, 5.41) is 4.21. The average molecular weight is 349 g/mol. The van der Waals surface area contributed by atoms with Gasteiger partial charge in [0.1, 0.15) is 6.54 Å². The summed E-state index contributed by atoms with van der Waals surface area (Å²) >= 11 is 0. The molecule has 3 rings (SSSR count). The molecule has 4 heteroatoms. The quantitative estimate of drug-likeness (QED) is 0.737. The van der Waals surface area contributed by atoms with Crippen LogP contribution in [0.5, 0.6) is 0 Å². The first-order valence-electron chi connectivity index (χ1n) is 9.02. The van der Waals surface area contributed by atoms with Gasteiger partial charge in [0.05, 0.1) is 0 Å². The van der Waals surface area contributed by atoms with Gasteiger partial charge in [-0.15, -0.1) is 0 Å².